The summed E-state index contributed by atoms with van der Waals surface area (Å²) in [5, 5.41) is 1.28. The third-order valence-electron chi connectivity index (χ3n) is 5.33. The van der Waals surface area contributed by atoms with Crippen LogP contribution in [0.15, 0.2) is 36.4 Å². The van der Waals surface area contributed by atoms with Crippen LogP contribution >= 0.6 is 0 Å². The Hall–Kier alpha value is -2.95. The number of carbonyl (C=O) groups is 1. The highest BCUT2D eigenvalue weighted by atomic mass is 16.5. The molecule has 27 heavy (non-hydrogen) atoms. The second kappa shape index (κ2) is 6.99. The molecule has 2 heterocycles. The molecule has 1 N–H and O–H groups in total. The number of benzene rings is 2. The Bertz CT molecular complexity index is 1010. The van der Waals surface area contributed by atoms with Gasteiger partial charge in [-0.15, -0.1) is 0 Å². The summed E-state index contributed by atoms with van der Waals surface area (Å²) in [6.45, 7) is 3.52. The van der Waals surface area contributed by atoms with E-state index in [9.17, 15) is 4.79 Å². The van der Waals surface area contributed by atoms with E-state index >= 15 is 0 Å². The van der Waals surface area contributed by atoms with E-state index in [0.29, 0.717) is 30.2 Å². The minimum absolute atomic E-state index is 0.0293. The van der Waals surface area contributed by atoms with Crippen LogP contribution in [-0.2, 0) is 12.8 Å². The molecule has 1 aromatic heterocycles. The summed E-state index contributed by atoms with van der Waals surface area (Å²) in [6.07, 6.45) is 1.69. The fraction of sp³-hybridized carbons (Fsp3) is 0.318. The highest BCUT2D eigenvalue weighted by Crippen LogP contribution is 2.30. The SMILES string of the molecule is COc1ccc(C(=O)N2CCc3[nH]c4ccc(C)cc4c3CC2)cc1OC. The number of ether oxygens (including phenoxy) is 2. The molecule has 0 saturated heterocycles. The van der Waals surface area contributed by atoms with Gasteiger partial charge in [0.2, 0.25) is 0 Å². The first-order valence-electron chi connectivity index (χ1n) is 9.22. The molecule has 4 rings (SSSR count). The first-order chi connectivity index (χ1) is 13.1. The van der Waals surface area contributed by atoms with Crippen molar-refractivity contribution in [3.8, 4) is 11.5 Å². The number of methoxy groups -OCH3 is 2. The lowest BCUT2D eigenvalue weighted by atomic mass is 10.1. The number of nitrogens with zero attached hydrogens (tertiary/aromatic N) is 1. The zero-order chi connectivity index (χ0) is 19.0. The number of aryl methyl sites for hydroxylation is 1. The molecule has 0 saturated carbocycles. The lowest BCUT2D eigenvalue weighted by molar-refractivity contribution is 0.0762. The Morgan fingerprint density at radius 3 is 2.56 bits per heavy atom. The average molecular weight is 364 g/mol. The third-order valence-corrected chi connectivity index (χ3v) is 5.33. The van der Waals surface area contributed by atoms with E-state index in [2.05, 4.69) is 30.1 Å². The van der Waals surface area contributed by atoms with Gasteiger partial charge in [0.05, 0.1) is 14.2 Å². The van der Waals surface area contributed by atoms with E-state index in [4.69, 9.17) is 9.47 Å². The molecule has 2 aromatic carbocycles. The van der Waals surface area contributed by atoms with Gasteiger partial charge in [0.15, 0.2) is 11.5 Å². The smallest absolute Gasteiger partial charge is 0.254 e. The number of H-pyrrole nitrogens is 1. The molecule has 0 radical (unpaired) electrons. The van der Waals surface area contributed by atoms with Gasteiger partial charge in [0.1, 0.15) is 0 Å². The van der Waals surface area contributed by atoms with Crippen molar-refractivity contribution in [2.75, 3.05) is 27.3 Å². The van der Waals surface area contributed by atoms with Gasteiger partial charge in [-0.25, -0.2) is 0 Å². The highest BCUT2D eigenvalue weighted by molar-refractivity contribution is 5.95. The van der Waals surface area contributed by atoms with E-state index in [0.717, 1.165) is 12.8 Å². The standard InChI is InChI=1S/C22H24N2O3/c1-14-4-6-18-17(12-14)16-8-10-24(11-9-19(16)23-18)22(25)15-5-7-20(26-2)21(13-15)27-3/h4-7,12-13,23H,8-11H2,1-3H3. The van der Waals surface area contributed by atoms with Crippen LogP contribution in [0.2, 0.25) is 0 Å². The van der Waals surface area contributed by atoms with Crippen molar-refractivity contribution in [1.82, 2.24) is 9.88 Å². The Balaban J connectivity index is 1.58. The van der Waals surface area contributed by atoms with E-state index in [-0.39, 0.29) is 5.91 Å². The van der Waals surface area contributed by atoms with Crippen molar-refractivity contribution in [3.05, 3.63) is 58.8 Å². The molecule has 3 aromatic rings. The topological polar surface area (TPSA) is 54.6 Å². The second-order valence-electron chi connectivity index (χ2n) is 6.99. The first-order valence-corrected chi connectivity index (χ1v) is 9.22. The number of fused-ring (bicyclic) bond motifs is 3. The quantitative estimate of drug-likeness (QED) is 0.770. The second-order valence-corrected chi connectivity index (χ2v) is 6.99. The Morgan fingerprint density at radius 2 is 1.78 bits per heavy atom. The number of aromatic nitrogens is 1. The maximum Gasteiger partial charge on any atom is 0.254 e. The third kappa shape index (κ3) is 3.14. The van der Waals surface area contributed by atoms with Gasteiger partial charge in [-0.1, -0.05) is 11.6 Å². The van der Waals surface area contributed by atoms with Crippen molar-refractivity contribution in [3.63, 3.8) is 0 Å². The molecule has 1 amide bonds. The summed E-state index contributed by atoms with van der Waals surface area (Å²) in [5.74, 6) is 1.23. The molecule has 140 valence electrons. The molecule has 1 aliphatic rings. The van der Waals surface area contributed by atoms with Crippen LogP contribution in [0.25, 0.3) is 10.9 Å². The molecule has 0 spiro atoms. The average Bonchev–Trinajstić information content (AvgIpc) is 2.89. The maximum absolute atomic E-state index is 13.0. The van der Waals surface area contributed by atoms with Crippen molar-refractivity contribution in [2.45, 2.75) is 19.8 Å². The van der Waals surface area contributed by atoms with Crippen molar-refractivity contribution in [1.29, 1.82) is 0 Å². The minimum atomic E-state index is 0.0293. The highest BCUT2D eigenvalue weighted by Gasteiger charge is 2.23. The normalized spacial score (nSPS) is 14.0. The van der Waals surface area contributed by atoms with Crippen LogP contribution in [-0.4, -0.2) is 43.1 Å². The molecule has 5 nitrogen and oxygen atoms in total. The zero-order valence-corrected chi connectivity index (χ0v) is 16.0. The molecule has 0 bridgehead atoms. The van der Waals surface area contributed by atoms with E-state index < -0.39 is 0 Å². The summed E-state index contributed by atoms with van der Waals surface area (Å²) < 4.78 is 10.6. The fourth-order valence-electron chi connectivity index (χ4n) is 3.88. The predicted octanol–water partition coefficient (Wildman–Crippen LogP) is 3.73. The van der Waals surface area contributed by atoms with Crippen molar-refractivity contribution in [2.24, 2.45) is 0 Å². The molecule has 0 atom stereocenters. The van der Waals surface area contributed by atoms with Gasteiger partial charge in [-0.3, -0.25) is 4.79 Å². The lowest BCUT2D eigenvalue weighted by Crippen LogP contribution is -2.33. The molecule has 0 aliphatic carbocycles. The Kier molecular flexibility index (Phi) is 4.52. The number of amides is 1. The van der Waals surface area contributed by atoms with E-state index in [1.54, 1.807) is 32.4 Å². The lowest BCUT2D eigenvalue weighted by Gasteiger charge is -2.21. The number of nitrogens with one attached hydrogen (secondary N) is 1. The Labute approximate surface area is 158 Å². The monoisotopic (exact) mass is 364 g/mol. The number of hydrogen-bond acceptors (Lipinski definition) is 3. The zero-order valence-electron chi connectivity index (χ0n) is 16.0. The first kappa shape index (κ1) is 17.5. The van der Waals surface area contributed by atoms with Crippen LogP contribution < -0.4 is 9.47 Å². The van der Waals surface area contributed by atoms with Gasteiger partial charge in [0, 0.05) is 41.7 Å². The molecule has 5 heteroatoms. The summed E-state index contributed by atoms with van der Waals surface area (Å²) in [5.41, 5.74) is 5.66. The van der Waals surface area contributed by atoms with Crippen LogP contribution in [0, 0.1) is 6.92 Å². The summed E-state index contributed by atoms with van der Waals surface area (Å²) >= 11 is 0. The molecule has 0 unspecified atom stereocenters. The molecular weight excluding hydrogens is 340 g/mol. The Morgan fingerprint density at radius 1 is 1.00 bits per heavy atom. The molecule has 0 fully saturated rings. The summed E-state index contributed by atoms with van der Waals surface area (Å²) in [4.78, 5) is 18.5. The number of rotatable bonds is 3. The molecule has 1 aliphatic heterocycles. The van der Waals surface area contributed by atoms with Crippen LogP contribution in [0.1, 0.15) is 27.2 Å². The van der Waals surface area contributed by atoms with Crippen molar-refractivity contribution >= 4 is 16.8 Å². The van der Waals surface area contributed by atoms with Gasteiger partial charge < -0.3 is 19.4 Å². The van der Waals surface area contributed by atoms with Crippen LogP contribution in [0.5, 0.6) is 11.5 Å². The fourth-order valence-corrected chi connectivity index (χ4v) is 3.88. The molecular formula is C22H24N2O3. The number of hydrogen-bond donors (Lipinski definition) is 1. The number of carbonyl (C=O) groups excluding carboxylic acids is 1. The van der Waals surface area contributed by atoms with E-state index in [1.807, 2.05) is 4.90 Å². The van der Waals surface area contributed by atoms with Crippen molar-refractivity contribution < 1.29 is 14.3 Å². The predicted molar refractivity (Wildman–Crippen MR) is 106 cm³/mol. The summed E-state index contributed by atoms with van der Waals surface area (Å²) in [7, 11) is 3.17. The number of aromatic amines is 1. The minimum Gasteiger partial charge on any atom is -0.493 e. The maximum atomic E-state index is 13.0. The van der Waals surface area contributed by atoms with Gasteiger partial charge in [-0.2, -0.15) is 0 Å². The van der Waals surface area contributed by atoms with Gasteiger partial charge >= 0.3 is 0 Å². The van der Waals surface area contributed by atoms with Gasteiger partial charge in [-0.05, 0) is 49.2 Å². The van der Waals surface area contributed by atoms with Crippen LogP contribution in [0.4, 0.5) is 0 Å². The van der Waals surface area contributed by atoms with E-state index in [1.165, 1.54) is 27.7 Å². The van der Waals surface area contributed by atoms with Gasteiger partial charge in [0.25, 0.3) is 5.91 Å². The van der Waals surface area contributed by atoms with Crippen LogP contribution in [0.3, 0.4) is 0 Å². The summed E-state index contributed by atoms with van der Waals surface area (Å²) in [6, 6.07) is 11.8. The largest absolute Gasteiger partial charge is 0.493 e.